The van der Waals surface area contributed by atoms with Gasteiger partial charge in [-0.05, 0) is 37.5 Å². The van der Waals surface area contributed by atoms with Crippen molar-refractivity contribution in [2.45, 2.75) is 37.5 Å². The van der Waals surface area contributed by atoms with Gasteiger partial charge >= 0.3 is 12.2 Å². The summed E-state index contributed by atoms with van der Waals surface area (Å²) in [5.41, 5.74) is 10.7. The van der Waals surface area contributed by atoms with Crippen molar-refractivity contribution in [3.05, 3.63) is 83.1 Å². The molecule has 1 atom stereocenters. The number of hydrogen-bond donors (Lipinski definition) is 2. The predicted octanol–water partition coefficient (Wildman–Crippen LogP) is 7.54. The van der Waals surface area contributed by atoms with Crippen molar-refractivity contribution < 1.29 is 31.4 Å². The first-order chi connectivity index (χ1) is 25.2. The van der Waals surface area contributed by atoms with Gasteiger partial charge in [-0.15, -0.1) is 11.3 Å². The minimum atomic E-state index is -5.21. The van der Waals surface area contributed by atoms with Gasteiger partial charge in [-0.25, -0.2) is 13.8 Å². The molecule has 2 fully saturated rings. The summed E-state index contributed by atoms with van der Waals surface area (Å²) in [4.78, 5) is 17.1. The van der Waals surface area contributed by atoms with E-state index < -0.39 is 57.3 Å². The smallest absolute Gasteiger partial charge is 0.420 e. The van der Waals surface area contributed by atoms with Crippen molar-refractivity contribution in [2.75, 3.05) is 49.2 Å². The fraction of sp³-hybridized carbons (Fsp3) is 0.297. The molecule has 0 bridgehead atoms. The van der Waals surface area contributed by atoms with Crippen LogP contribution in [0.2, 0.25) is 0 Å². The van der Waals surface area contributed by atoms with E-state index >= 15 is 22.0 Å². The number of hydrogen-bond acceptors (Lipinski definition) is 11. The Kier molecular flexibility index (Phi) is 8.00. The Morgan fingerprint density at radius 1 is 1.11 bits per heavy atom. The summed E-state index contributed by atoms with van der Waals surface area (Å²) in [6.07, 6.45) is -2.47. The lowest BCUT2D eigenvalue weighted by Crippen LogP contribution is -2.43. The van der Waals surface area contributed by atoms with Crippen molar-refractivity contribution in [2.24, 2.45) is 0 Å². The zero-order chi connectivity index (χ0) is 37.6. The van der Waals surface area contributed by atoms with E-state index in [9.17, 15) is 5.26 Å². The second-order valence-electron chi connectivity index (χ2n) is 13.6. The molecule has 3 aliphatic heterocycles. The highest BCUT2D eigenvalue weighted by atomic mass is 32.1. The van der Waals surface area contributed by atoms with Gasteiger partial charge in [0.1, 0.15) is 58.6 Å². The van der Waals surface area contributed by atoms with Crippen LogP contribution < -0.4 is 25.8 Å². The van der Waals surface area contributed by atoms with Gasteiger partial charge in [0.25, 0.3) is 0 Å². The number of halogens is 5. The van der Waals surface area contributed by atoms with Gasteiger partial charge in [-0.3, -0.25) is 4.90 Å². The van der Waals surface area contributed by atoms with Crippen molar-refractivity contribution in [1.29, 1.82) is 5.26 Å². The zero-order valence-corrected chi connectivity index (χ0v) is 29.1. The van der Waals surface area contributed by atoms with Gasteiger partial charge in [-0.1, -0.05) is 36.4 Å². The van der Waals surface area contributed by atoms with Crippen molar-refractivity contribution in [3.8, 4) is 29.0 Å². The summed E-state index contributed by atoms with van der Waals surface area (Å²) in [6.45, 7) is 11.2. The Morgan fingerprint density at radius 2 is 1.85 bits per heavy atom. The fourth-order valence-corrected chi connectivity index (χ4v) is 8.99. The maximum absolute atomic E-state index is 17.4. The number of rotatable bonds is 6. The maximum atomic E-state index is 17.4. The number of nitriles is 1. The van der Waals surface area contributed by atoms with Crippen LogP contribution >= 0.6 is 11.3 Å². The van der Waals surface area contributed by atoms with E-state index in [-0.39, 0.29) is 63.4 Å². The third-order valence-corrected chi connectivity index (χ3v) is 11.3. The molecule has 2 saturated heterocycles. The molecule has 0 aliphatic carbocycles. The summed E-state index contributed by atoms with van der Waals surface area (Å²) >= 11 is 0.681. The number of ether oxygens (including phenoxy) is 2. The summed E-state index contributed by atoms with van der Waals surface area (Å²) < 4.78 is 90.9. The molecule has 6 heterocycles. The van der Waals surface area contributed by atoms with Gasteiger partial charge in [0, 0.05) is 35.8 Å². The van der Waals surface area contributed by atoms with Gasteiger partial charge < -0.3 is 25.8 Å². The molecule has 3 aromatic heterocycles. The van der Waals surface area contributed by atoms with Gasteiger partial charge in [0.05, 0.1) is 33.8 Å². The highest BCUT2D eigenvalue weighted by Crippen LogP contribution is 2.54. The largest absolute Gasteiger partial charge is 0.490 e. The van der Waals surface area contributed by atoms with Crippen molar-refractivity contribution in [1.82, 2.24) is 19.9 Å². The average Bonchev–Trinajstić information content (AvgIpc) is 3.65. The number of fused-ring (bicyclic) bond motifs is 2. The van der Waals surface area contributed by atoms with E-state index in [0.29, 0.717) is 42.8 Å². The predicted molar refractivity (Wildman–Crippen MR) is 192 cm³/mol. The maximum Gasteiger partial charge on any atom is 0.420 e. The van der Waals surface area contributed by atoms with Gasteiger partial charge in [0.2, 0.25) is 0 Å². The molecule has 16 heteroatoms. The van der Waals surface area contributed by atoms with Crippen LogP contribution in [0.25, 0.3) is 32.1 Å². The molecule has 0 saturated carbocycles. The molecule has 4 N–H and O–H groups in total. The first-order valence-corrected chi connectivity index (χ1v) is 17.4. The molecule has 8 rings (SSSR count). The average molecular weight is 747 g/mol. The number of alkyl halides is 3. The van der Waals surface area contributed by atoms with E-state index in [0.717, 1.165) is 23.3 Å². The quantitative estimate of drug-likeness (QED) is 0.132. The minimum Gasteiger partial charge on any atom is -0.490 e. The molecule has 53 heavy (non-hydrogen) atoms. The summed E-state index contributed by atoms with van der Waals surface area (Å²) in [6, 6.07) is 6.25. The van der Waals surface area contributed by atoms with Crippen molar-refractivity contribution in [3.63, 3.8) is 0 Å². The third-order valence-electron chi connectivity index (χ3n) is 10.3. The number of nitrogens with zero attached hydrogens (tertiary/aromatic N) is 6. The van der Waals surface area contributed by atoms with Crippen LogP contribution in [0.4, 0.5) is 38.6 Å². The Labute approximate surface area is 303 Å². The van der Waals surface area contributed by atoms with Gasteiger partial charge in [0.15, 0.2) is 5.82 Å². The summed E-state index contributed by atoms with van der Waals surface area (Å²) in [7, 11) is 0. The number of pyridine rings is 1. The third kappa shape index (κ3) is 5.40. The minimum absolute atomic E-state index is 0.00177. The Balaban J connectivity index is 1.41. The molecule has 0 spiro atoms. The molecule has 10 nitrogen and oxygen atoms in total. The molecule has 1 unspecified atom stereocenters. The first kappa shape index (κ1) is 34.6. The second-order valence-corrected chi connectivity index (χ2v) is 14.7. The number of benzene rings is 2. The summed E-state index contributed by atoms with van der Waals surface area (Å²) in [5.74, 6) is -2.83. The molecular weight excluding hydrogens is 716 g/mol. The van der Waals surface area contributed by atoms with Crippen LogP contribution in [0.5, 0.6) is 11.8 Å². The first-order valence-electron chi connectivity index (χ1n) is 16.6. The van der Waals surface area contributed by atoms with Crippen molar-refractivity contribution >= 4 is 49.0 Å². The highest BCUT2D eigenvalue weighted by molar-refractivity contribution is 7.23. The molecule has 272 valence electrons. The summed E-state index contributed by atoms with van der Waals surface area (Å²) in [5, 5.41) is 9.21. The lowest BCUT2D eigenvalue weighted by atomic mass is 9.91. The standard InChI is InChI=1S/C37H31F5N8O2S/c1-17-11-36(12-18(2)15-49(36)14-17)16-52-35-47-29-26-30(51-10-9-50(34(26)48-35)19(3)20-5-4-8-46-32(20)44)27(37(40,41)42)25(28(29)39)21-6-7-23(38)31-24(21)22(13-43)33(45)53-31/h4-8,19H,1-2,9-12,14-16,45H2,3H3,(H2,44,46). The van der Waals surface area contributed by atoms with Crippen LogP contribution in [-0.4, -0.2) is 58.2 Å². The van der Waals surface area contributed by atoms with E-state index in [1.807, 2.05) is 6.07 Å². The molecule has 0 radical (unpaired) electrons. The number of nitrogens with two attached hydrogens (primary N) is 2. The van der Waals surface area contributed by atoms with Crippen LogP contribution in [0.3, 0.4) is 0 Å². The Hall–Kier alpha value is -5.53. The van der Waals surface area contributed by atoms with Crippen LogP contribution in [0.1, 0.15) is 42.5 Å². The van der Waals surface area contributed by atoms with E-state index in [2.05, 4.69) is 33.0 Å². The molecular formula is C37H31F5N8O2S. The zero-order valence-electron chi connectivity index (χ0n) is 28.3. The van der Waals surface area contributed by atoms with Crippen LogP contribution in [0.15, 0.2) is 54.8 Å². The van der Waals surface area contributed by atoms with E-state index in [4.69, 9.17) is 20.9 Å². The van der Waals surface area contributed by atoms with E-state index in [1.165, 1.54) is 6.20 Å². The number of anilines is 3. The second kappa shape index (κ2) is 12.3. The molecule has 3 aliphatic rings. The molecule has 0 amide bonds. The number of nitrogen functional groups attached to an aromatic ring is 2. The SMILES string of the molecule is C=C1CN2CC(=C)CC2(COc2nc3c4c(c(C(F)(F)F)c(-c5ccc(F)c6sc(N)c(C#N)c56)c(F)c4n2)OCCN3C(C)c2cccnc2N)C1. The highest BCUT2D eigenvalue weighted by Gasteiger charge is 2.49. The fourth-order valence-electron chi connectivity index (χ4n) is 8.04. The number of aromatic nitrogens is 3. The number of thiophene rings is 1. The normalized spacial score (nSPS) is 17.6. The molecule has 2 aromatic carbocycles. The topological polar surface area (TPSA) is 139 Å². The lowest BCUT2D eigenvalue weighted by Gasteiger charge is -2.32. The van der Waals surface area contributed by atoms with E-state index in [1.54, 1.807) is 24.0 Å². The Bertz CT molecular complexity index is 2420. The Morgan fingerprint density at radius 3 is 2.53 bits per heavy atom. The lowest BCUT2D eigenvalue weighted by molar-refractivity contribution is -0.138. The van der Waals surface area contributed by atoms with Crippen LogP contribution in [-0.2, 0) is 6.18 Å². The monoisotopic (exact) mass is 746 g/mol. The van der Waals surface area contributed by atoms with Crippen LogP contribution in [0, 0.1) is 23.0 Å². The van der Waals surface area contributed by atoms with Gasteiger partial charge in [-0.2, -0.15) is 28.4 Å². The molecule has 5 aromatic rings.